The van der Waals surface area contributed by atoms with E-state index in [2.05, 4.69) is 72.8 Å². The zero-order valence-electron chi connectivity index (χ0n) is 14.7. The second-order valence-electron chi connectivity index (χ2n) is 6.18. The molecule has 3 nitrogen and oxygen atoms in total. The van der Waals surface area contributed by atoms with E-state index < -0.39 is 6.10 Å². The number of benzene rings is 2. The molecule has 0 fully saturated rings. The van der Waals surface area contributed by atoms with Gasteiger partial charge in [0, 0.05) is 35.4 Å². The molecule has 0 aliphatic heterocycles. The van der Waals surface area contributed by atoms with Crippen LogP contribution in [0, 0.1) is 0 Å². The summed E-state index contributed by atoms with van der Waals surface area (Å²) in [5.41, 5.74) is 3.43. The molecule has 1 heterocycles. The molecule has 0 amide bonds. The van der Waals surface area contributed by atoms with Crippen LogP contribution in [0.5, 0.6) is 0 Å². The van der Waals surface area contributed by atoms with Crippen molar-refractivity contribution in [2.24, 2.45) is 7.05 Å². The van der Waals surface area contributed by atoms with E-state index >= 15 is 0 Å². The number of hydrogen-bond acceptors (Lipinski definition) is 2. The second-order valence-corrected chi connectivity index (χ2v) is 6.18. The van der Waals surface area contributed by atoms with E-state index in [1.54, 1.807) is 0 Å². The predicted octanol–water partition coefficient (Wildman–Crippen LogP) is 4.52. The maximum absolute atomic E-state index is 10.5. The molecule has 0 bridgehead atoms. The SMILES string of the molecule is CCN(CC)CCC(O)c1ccc2c3ccccc3n(C)c2c1.Cl. The Labute approximate surface area is 150 Å². The zero-order valence-corrected chi connectivity index (χ0v) is 15.5. The van der Waals surface area contributed by atoms with Crippen molar-refractivity contribution in [3.8, 4) is 0 Å². The van der Waals surface area contributed by atoms with Gasteiger partial charge in [-0.3, -0.25) is 0 Å². The van der Waals surface area contributed by atoms with Crippen LogP contribution >= 0.6 is 12.4 Å². The van der Waals surface area contributed by atoms with Crippen molar-refractivity contribution in [1.82, 2.24) is 9.47 Å². The monoisotopic (exact) mass is 346 g/mol. The Morgan fingerprint density at radius 1 is 1.00 bits per heavy atom. The van der Waals surface area contributed by atoms with Gasteiger partial charge in [-0.15, -0.1) is 12.4 Å². The lowest BCUT2D eigenvalue weighted by atomic mass is 10.0. The summed E-state index contributed by atoms with van der Waals surface area (Å²) in [5.74, 6) is 0. The van der Waals surface area contributed by atoms with Gasteiger partial charge in [0.05, 0.1) is 6.10 Å². The minimum Gasteiger partial charge on any atom is -0.388 e. The molecule has 0 saturated heterocycles. The number of fused-ring (bicyclic) bond motifs is 3. The van der Waals surface area contributed by atoms with Crippen LogP contribution in [-0.2, 0) is 7.05 Å². The first kappa shape index (κ1) is 18.8. The van der Waals surface area contributed by atoms with E-state index in [0.29, 0.717) is 0 Å². The largest absolute Gasteiger partial charge is 0.388 e. The van der Waals surface area contributed by atoms with Gasteiger partial charge in [0.1, 0.15) is 0 Å². The fourth-order valence-electron chi connectivity index (χ4n) is 3.40. The van der Waals surface area contributed by atoms with Crippen molar-refractivity contribution in [3.05, 3.63) is 48.0 Å². The molecule has 0 saturated carbocycles. The van der Waals surface area contributed by atoms with Crippen LogP contribution in [0.15, 0.2) is 42.5 Å². The number of para-hydroxylation sites is 1. The summed E-state index contributed by atoms with van der Waals surface area (Å²) in [6.45, 7) is 7.33. The van der Waals surface area contributed by atoms with Gasteiger partial charge < -0.3 is 14.6 Å². The molecular weight excluding hydrogens is 320 g/mol. The van der Waals surface area contributed by atoms with Crippen molar-refractivity contribution in [2.75, 3.05) is 19.6 Å². The van der Waals surface area contributed by atoms with Gasteiger partial charge in [0.15, 0.2) is 0 Å². The number of aliphatic hydroxyl groups excluding tert-OH is 1. The highest BCUT2D eigenvalue weighted by atomic mass is 35.5. The lowest BCUT2D eigenvalue weighted by molar-refractivity contribution is 0.145. The third-order valence-electron chi connectivity index (χ3n) is 4.94. The van der Waals surface area contributed by atoms with Gasteiger partial charge in [0.2, 0.25) is 0 Å². The molecule has 1 N–H and O–H groups in total. The molecule has 3 aromatic rings. The van der Waals surface area contributed by atoms with E-state index in [1.807, 2.05) is 0 Å². The summed E-state index contributed by atoms with van der Waals surface area (Å²) in [6.07, 6.45) is 0.370. The molecule has 24 heavy (non-hydrogen) atoms. The Kier molecular flexibility index (Phi) is 6.27. The molecule has 1 unspecified atom stereocenters. The van der Waals surface area contributed by atoms with Crippen molar-refractivity contribution in [3.63, 3.8) is 0 Å². The van der Waals surface area contributed by atoms with Crippen molar-refractivity contribution < 1.29 is 5.11 Å². The third-order valence-corrected chi connectivity index (χ3v) is 4.94. The lowest BCUT2D eigenvalue weighted by Crippen LogP contribution is -2.25. The van der Waals surface area contributed by atoms with Gasteiger partial charge in [0.25, 0.3) is 0 Å². The van der Waals surface area contributed by atoms with Crippen molar-refractivity contribution in [2.45, 2.75) is 26.4 Å². The van der Waals surface area contributed by atoms with Crippen molar-refractivity contribution >= 4 is 34.2 Å². The first-order valence-corrected chi connectivity index (χ1v) is 8.53. The smallest absolute Gasteiger partial charge is 0.0803 e. The lowest BCUT2D eigenvalue weighted by Gasteiger charge is -2.20. The average Bonchev–Trinajstić information content (AvgIpc) is 2.88. The Morgan fingerprint density at radius 2 is 1.67 bits per heavy atom. The number of halogens is 1. The first-order valence-electron chi connectivity index (χ1n) is 8.53. The summed E-state index contributed by atoms with van der Waals surface area (Å²) >= 11 is 0. The molecule has 0 aliphatic carbocycles. The van der Waals surface area contributed by atoms with E-state index in [1.165, 1.54) is 21.8 Å². The molecule has 0 radical (unpaired) electrons. The zero-order chi connectivity index (χ0) is 16.4. The van der Waals surface area contributed by atoms with Gasteiger partial charge in [-0.2, -0.15) is 0 Å². The summed E-state index contributed by atoms with van der Waals surface area (Å²) in [5, 5.41) is 13.1. The fraction of sp³-hybridized carbons (Fsp3) is 0.400. The third kappa shape index (κ3) is 3.44. The molecule has 0 aliphatic rings. The highest BCUT2D eigenvalue weighted by Gasteiger charge is 2.13. The molecule has 1 atom stereocenters. The molecule has 2 aromatic carbocycles. The minimum absolute atomic E-state index is 0. The van der Waals surface area contributed by atoms with E-state index in [9.17, 15) is 5.11 Å². The number of aryl methyl sites for hydroxylation is 1. The Morgan fingerprint density at radius 3 is 2.38 bits per heavy atom. The summed E-state index contributed by atoms with van der Waals surface area (Å²) in [7, 11) is 2.09. The number of aromatic nitrogens is 1. The van der Waals surface area contributed by atoms with Crippen LogP contribution in [-0.4, -0.2) is 34.2 Å². The van der Waals surface area contributed by atoms with Crippen LogP contribution in [0.25, 0.3) is 21.8 Å². The van der Waals surface area contributed by atoms with Crippen LogP contribution in [0.4, 0.5) is 0 Å². The van der Waals surface area contributed by atoms with Gasteiger partial charge in [-0.25, -0.2) is 0 Å². The van der Waals surface area contributed by atoms with E-state index in [-0.39, 0.29) is 12.4 Å². The van der Waals surface area contributed by atoms with Crippen LogP contribution in [0.1, 0.15) is 31.9 Å². The number of nitrogens with zero attached hydrogens (tertiary/aromatic N) is 2. The van der Waals surface area contributed by atoms with Crippen LogP contribution < -0.4 is 0 Å². The topological polar surface area (TPSA) is 28.4 Å². The second kappa shape index (κ2) is 8.02. The number of hydrogen-bond donors (Lipinski definition) is 1. The normalized spacial score (nSPS) is 12.7. The van der Waals surface area contributed by atoms with Gasteiger partial charge in [-0.1, -0.05) is 44.2 Å². The average molecular weight is 347 g/mol. The summed E-state index contributed by atoms with van der Waals surface area (Å²) in [6, 6.07) is 14.8. The Bertz CT molecular complexity index is 808. The molecule has 1 aromatic heterocycles. The highest BCUT2D eigenvalue weighted by molar-refractivity contribution is 6.08. The van der Waals surface area contributed by atoms with Crippen LogP contribution in [0.2, 0.25) is 0 Å². The maximum atomic E-state index is 10.5. The molecule has 130 valence electrons. The molecule has 0 spiro atoms. The Balaban J connectivity index is 0.00000208. The minimum atomic E-state index is -0.405. The Hall–Kier alpha value is -1.55. The predicted molar refractivity (Wildman–Crippen MR) is 105 cm³/mol. The molecule has 3 rings (SSSR count). The van der Waals surface area contributed by atoms with Crippen molar-refractivity contribution in [1.29, 1.82) is 0 Å². The number of rotatable bonds is 6. The van der Waals surface area contributed by atoms with E-state index in [4.69, 9.17) is 0 Å². The fourth-order valence-corrected chi connectivity index (χ4v) is 3.40. The highest BCUT2D eigenvalue weighted by Crippen LogP contribution is 2.30. The molecule has 4 heteroatoms. The molecular formula is C20H27ClN2O. The quantitative estimate of drug-likeness (QED) is 0.710. The van der Waals surface area contributed by atoms with Gasteiger partial charge >= 0.3 is 0 Å². The number of aliphatic hydroxyl groups is 1. The van der Waals surface area contributed by atoms with Crippen LogP contribution in [0.3, 0.4) is 0 Å². The van der Waals surface area contributed by atoms with Gasteiger partial charge in [-0.05, 0) is 37.2 Å². The maximum Gasteiger partial charge on any atom is 0.0803 e. The summed E-state index contributed by atoms with van der Waals surface area (Å²) in [4.78, 5) is 2.35. The first-order chi connectivity index (χ1) is 11.2. The van der Waals surface area contributed by atoms with E-state index in [0.717, 1.165) is 31.6 Å². The summed E-state index contributed by atoms with van der Waals surface area (Å²) < 4.78 is 2.21. The standard InChI is InChI=1S/C20H26N2O.ClH/c1-4-22(5-2)13-12-20(23)15-10-11-17-16-8-6-7-9-18(16)21(3)19(17)14-15;/h6-11,14,20,23H,4-5,12-13H2,1-3H3;1H.